The summed E-state index contributed by atoms with van der Waals surface area (Å²) in [4.78, 5) is 11.7. The fraction of sp³-hybridized carbons (Fsp3) is 0.125. The third-order valence-electron chi connectivity index (χ3n) is 4.29. The highest BCUT2D eigenvalue weighted by molar-refractivity contribution is 14.1. The van der Waals surface area contributed by atoms with Gasteiger partial charge in [0.05, 0.1) is 6.26 Å². The second-order valence-corrected chi connectivity index (χ2v) is 10.7. The molecule has 0 aliphatic carbocycles. The Bertz CT molecular complexity index is 1240. The van der Waals surface area contributed by atoms with Crippen molar-refractivity contribution in [1.82, 2.24) is 0 Å². The molecule has 6 nitrogen and oxygen atoms in total. The molecule has 0 aliphatic heterocycles. The minimum Gasteiger partial charge on any atom is -0.482 e. The molecule has 0 bridgehead atoms. The Balaban J connectivity index is 1.78. The number of carboxylic acids is 1. The van der Waals surface area contributed by atoms with Crippen LogP contribution in [-0.4, -0.2) is 38.1 Å². The lowest BCUT2D eigenvalue weighted by atomic mass is 9.98. The number of hydrogen-bond acceptors (Lipinski definition) is 6. The van der Waals surface area contributed by atoms with Gasteiger partial charge in [0.15, 0.2) is 6.61 Å². The fourth-order valence-electron chi connectivity index (χ4n) is 2.93. The van der Waals surface area contributed by atoms with Gasteiger partial charge in [0.25, 0.3) is 0 Å². The van der Waals surface area contributed by atoms with Crippen molar-refractivity contribution >= 4 is 56.0 Å². The van der Waals surface area contributed by atoms with E-state index in [1.54, 1.807) is 30.0 Å². The highest BCUT2D eigenvalue weighted by atomic mass is 127. The average molecular weight is 596 g/mol. The molecule has 0 aromatic heterocycles. The second-order valence-electron chi connectivity index (χ2n) is 6.88. The number of hydrogen-bond donors (Lipinski definition) is 1. The molecule has 172 valence electrons. The third-order valence-corrected chi connectivity index (χ3v) is 7.04. The zero-order chi connectivity index (χ0) is 23.8. The first-order chi connectivity index (χ1) is 15.7. The molecular formula is C24H21IO6S2. The molecule has 0 spiro atoms. The molecule has 3 aromatic carbocycles. The van der Waals surface area contributed by atoms with E-state index < -0.39 is 16.1 Å². The number of aliphatic carboxylic acids is 1. The molecule has 9 heteroatoms. The number of rotatable bonds is 10. The van der Waals surface area contributed by atoms with Gasteiger partial charge in [-0.1, -0.05) is 48.5 Å². The van der Waals surface area contributed by atoms with Crippen molar-refractivity contribution in [3.63, 3.8) is 0 Å². The molecule has 0 saturated heterocycles. The van der Waals surface area contributed by atoms with Gasteiger partial charge in [-0.2, -0.15) is 8.42 Å². The van der Waals surface area contributed by atoms with Crippen LogP contribution < -0.4 is 8.92 Å². The Morgan fingerprint density at radius 2 is 1.64 bits per heavy atom. The molecule has 0 amide bonds. The number of thioether (sulfide) groups is 1. The van der Waals surface area contributed by atoms with Crippen molar-refractivity contribution in [3.05, 3.63) is 93.6 Å². The lowest BCUT2D eigenvalue weighted by molar-refractivity contribution is -0.139. The molecule has 33 heavy (non-hydrogen) atoms. The lowest BCUT2D eigenvalue weighted by Gasteiger charge is -2.11. The van der Waals surface area contributed by atoms with Crippen LogP contribution in [0.1, 0.15) is 11.1 Å². The molecule has 1 N–H and O–H groups in total. The fourth-order valence-corrected chi connectivity index (χ4v) is 5.14. The van der Waals surface area contributed by atoms with E-state index >= 15 is 0 Å². The first kappa shape index (κ1) is 25.1. The second kappa shape index (κ2) is 11.6. The molecule has 3 rings (SSSR count). The van der Waals surface area contributed by atoms with Gasteiger partial charge in [-0.3, -0.25) is 0 Å². The maximum atomic E-state index is 11.4. The highest BCUT2D eigenvalue weighted by Crippen LogP contribution is 2.31. The first-order valence-electron chi connectivity index (χ1n) is 9.74. The Morgan fingerprint density at radius 1 is 1.00 bits per heavy atom. The number of carbonyl (C=O) groups is 1. The molecule has 0 unspecified atom stereocenters. The van der Waals surface area contributed by atoms with Crippen LogP contribution in [0.4, 0.5) is 0 Å². The number of halogens is 1. The van der Waals surface area contributed by atoms with Gasteiger partial charge in [-0.25, -0.2) is 4.79 Å². The molecular weight excluding hydrogens is 575 g/mol. The van der Waals surface area contributed by atoms with Crippen molar-refractivity contribution in [3.8, 4) is 11.5 Å². The van der Waals surface area contributed by atoms with E-state index in [0.29, 0.717) is 11.5 Å². The topological polar surface area (TPSA) is 89.9 Å². The molecule has 0 saturated carbocycles. The molecule has 0 aliphatic rings. The van der Waals surface area contributed by atoms with E-state index in [1.165, 1.54) is 0 Å². The van der Waals surface area contributed by atoms with Gasteiger partial charge in [0, 0.05) is 14.2 Å². The van der Waals surface area contributed by atoms with Crippen LogP contribution in [0.2, 0.25) is 0 Å². The van der Waals surface area contributed by atoms with Gasteiger partial charge in [0.1, 0.15) is 11.5 Å². The predicted molar refractivity (Wildman–Crippen MR) is 138 cm³/mol. The van der Waals surface area contributed by atoms with E-state index in [-0.39, 0.29) is 12.4 Å². The standard InChI is InChI=1S/C24H21IO6S2/c1-33(28,29)31-19-9-7-18(8-10-19)21(17-5-3-2-4-6-17)13-14-32-23-12-11-20(15-22(23)25)30-16-24(26)27/h2-13,15H,14,16H2,1H3,(H,26,27)/b21-13-. The Morgan fingerprint density at radius 3 is 2.24 bits per heavy atom. The Hall–Kier alpha value is -2.50. The van der Waals surface area contributed by atoms with E-state index in [9.17, 15) is 13.2 Å². The largest absolute Gasteiger partial charge is 0.482 e. The van der Waals surface area contributed by atoms with E-state index in [4.69, 9.17) is 14.0 Å². The maximum Gasteiger partial charge on any atom is 0.341 e. The van der Waals surface area contributed by atoms with Crippen LogP contribution in [0.5, 0.6) is 11.5 Å². The van der Waals surface area contributed by atoms with Crippen LogP contribution in [0.25, 0.3) is 5.57 Å². The van der Waals surface area contributed by atoms with Crippen molar-refractivity contribution in [2.75, 3.05) is 18.6 Å². The minimum atomic E-state index is -3.58. The Kier molecular flexibility index (Phi) is 8.81. The van der Waals surface area contributed by atoms with Crippen LogP contribution in [0.3, 0.4) is 0 Å². The quantitative estimate of drug-likeness (QED) is 0.193. The van der Waals surface area contributed by atoms with Gasteiger partial charge >= 0.3 is 16.1 Å². The lowest BCUT2D eigenvalue weighted by Crippen LogP contribution is -2.09. The minimum absolute atomic E-state index is 0.266. The van der Waals surface area contributed by atoms with Crippen molar-refractivity contribution in [1.29, 1.82) is 0 Å². The van der Waals surface area contributed by atoms with Crippen molar-refractivity contribution < 1.29 is 27.2 Å². The first-order valence-corrected chi connectivity index (χ1v) is 13.6. The zero-order valence-corrected chi connectivity index (χ0v) is 21.4. The predicted octanol–water partition coefficient (Wildman–Crippen LogP) is 5.32. The summed E-state index contributed by atoms with van der Waals surface area (Å²) in [5.41, 5.74) is 3.00. The monoisotopic (exact) mass is 596 g/mol. The Labute approximate surface area is 210 Å². The average Bonchev–Trinajstić information content (AvgIpc) is 2.77. The highest BCUT2D eigenvalue weighted by Gasteiger charge is 2.09. The summed E-state index contributed by atoms with van der Waals surface area (Å²) >= 11 is 3.85. The van der Waals surface area contributed by atoms with E-state index in [1.807, 2.05) is 54.6 Å². The summed E-state index contributed by atoms with van der Waals surface area (Å²) in [5.74, 6) is 0.459. The summed E-state index contributed by atoms with van der Waals surface area (Å²) in [6.45, 7) is -0.375. The van der Waals surface area contributed by atoms with Crippen LogP contribution in [0.15, 0.2) is 83.8 Å². The summed E-state index contributed by atoms with van der Waals surface area (Å²) in [6, 6.07) is 22.4. The summed E-state index contributed by atoms with van der Waals surface area (Å²) in [7, 11) is -3.58. The van der Waals surface area contributed by atoms with Gasteiger partial charge in [-0.15, -0.1) is 11.8 Å². The molecule has 0 radical (unpaired) electrons. The normalized spacial score (nSPS) is 11.8. The molecule has 0 heterocycles. The zero-order valence-electron chi connectivity index (χ0n) is 17.6. The summed E-state index contributed by atoms with van der Waals surface area (Å²) in [6.07, 6.45) is 3.14. The van der Waals surface area contributed by atoms with Gasteiger partial charge < -0.3 is 14.0 Å². The van der Waals surface area contributed by atoms with Crippen LogP contribution in [-0.2, 0) is 14.9 Å². The van der Waals surface area contributed by atoms with Crippen LogP contribution >= 0.6 is 34.4 Å². The van der Waals surface area contributed by atoms with Gasteiger partial charge in [-0.05, 0) is 69.6 Å². The SMILES string of the molecule is CS(=O)(=O)Oc1ccc(/C(=C\CSc2ccc(OCC(=O)O)cc2I)c2ccccc2)cc1. The molecule has 0 fully saturated rings. The number of ether oxygens (including phenoxy) is 1. The van der Waals surface area contributed by atoms with Crippen LogP contribution in [0, 0.1) is 3.57 Å². The summed E-state index contributed by atoms with van der Waals surface area (Å²) in [5, 5.41) is 8.75. The maximum absolute atomic E-state index is 11.4. The van der Waals surface area contributed by atoms with E-state index in [2.05, 4.69) is 28.7 Å². The number of carboxylic acid groups (broad SMARTS) is 1. The third kappa shape index (κ3) is 8.09. The molecule has 3 aromatic rings. The molecule has 0 atom stereocenters. The van der Waals surface area contributed by atoms with Gasteiger partial charge in [0.2, 0.25) is 0 Å². The van der Waals surface area contributed by atoms with Crippen molar-refractivity contribution in [2.24, 2.45) is 0 Å². The van der Waals surface area contributed by atoms with E-state index in [0.717, 1.165) is 31.4 Å². The smallest absolute Gasteiger partial charge is 0.341 e. The van der Waals surface area contributed by atoms with Crippen molar-refractivity contribution in [2.45, 2.75) is 4.90 Å². The summed E-state index contributed by atoms with van der Waals surface area (Å²) < 4.78 is 33.9. The number of benzene rings is 3.